The first-order valence-electron chi connectivity index (χ1n) is 10.8. The van der Waals surface area contributed by atoms with E-state index in [1.807, 2.05) is 47.4 Å². The summed E-state index contributed by atoms with van der Waals surface area (Å²) in [6.45, 7) is 4.11. The maximum absolute atomic E-state index is 12.8. The van der Waals surface area contributed by atoms with E-state index < -0.39 is 0 Å². The molecule has 0 radical (unpaired) electrons. The Balaban J connectivity index is 1.31. The number of methoxy groups -OCH3 is 1. The number of hydrogen-bond donors (Lipinski definition) is 0. The van der Waals surface area contributed by atoms with Crippen molar-refractivity contribution in [3.8, 4) is 5.75 Å². The van der Waals surface area contributed by atoms with Crippen molar-refractivity contribution >= 4 is 28.4 Å². The van der Waals surface area contributed by atoms with Gasteiger partial charge in [-0.3, -0.25) is 9.69 Å². The molecular formula is C25H28ClN3O2. The van der Waals surface area contributed by atoms with E-state index in [-0.39, 0.29) is 5.91 Å². The second kappa shape index (κ2) is 10.1. The number of benzene rings is 2. The van der Waals surface area contributed by atoms with Gasteiger partial charge >= 0.3 is 0 Å². The van der Waals surface area contributed by atoms with Crippen LogP contribution in [0.2, 0.25) is 5.15 Å². The molecule has 1 aliphatic heterocycles. The molecule has 0 N–H and O–H groups in total. The van der Waals surface area contributed by atoms with Crippen LogP contribution in [0.1, 0.15) is 24.0 Å². The van der Waals surface area contributed by atoms with Crippen LogP contribution in [-0.4, -0.2) is 54.0 Å². The number of aromatic nitrogens is 1. The molecule has 0 bridgehead atoms. The summed E-state index contributed by atoms with van der Waals surface area (Å²) in [6.07, 6.45) is 2.25. The van der Waals surface area contributed by atoms with Crippen molar-refractivity contribution in [2.75, 3.05) is 33.3 Å². The Morgan fingerprint density at radius 1 is 1.06 bits per heavy atom. The second-order valence-electron chi connectivity index (χ2n) is 7.99. The van der Waals surface area contributed by atoms with Gasteiger partial charge in [-0.2, -0.15) is 0 Å². The Labute approximate surface area is 188 Å². The number of para-hydroxylation sites is 1. The average Bonchev–Trinajstić information content (AvgIpc) is 3.04. The molecule has 5 nitrogen and oxygen atoms in total. The first-order chi connectivity index (χ1) is 15.1. The van der Waals surface area contributed by atoms with Crippen molar-refractivity contribution in [2.45, 2.75) is 25.8 Å². The molecule has 6 heteroatoms. The van der Waals surface area contributed by atoms with Crippen LogP contribution in [0.5, 0.6) is 5.75 Å². The van der Waals surface area contributed by atoms with E-state index in [2.05, 4.69) is 22.0 Å². The largest absolute Gasteiger partial charge is 0.497 e. The maximum atomic E-state index is 12.8. The van der Waals surface area contributed by atoms with Crippen LogP contribution in [0.25, 0.3) is 10.9 Å². The molecule has 0 aliphatic carbocycles. The number of carbonyl (C=O) groups is 1. The predicted octanol–water partition coefficient (Wildman–Crippen LogP) is 4.56. The van der Waals surface area contributed by atoms with Gasteiger partial charge in [0.05, 0.1) is 12.6 Å². The SMILES string of the molecule is COc1ccc(CCC(=O)N2CCCN(Cc3cc4ccccc4nc3Cl)CC2)cc1. The number of amides is 1. The smallest absolute Gasteiger partial charge is 0.222 e. The second-order valence-corrected chi connectivity index (χ2v) is 8.35. The number of nitrogens with zero attached hydrogens (tertiary/aromatic N) is 3. The van der Waals surface area contributed by atoms with Gasteiger partial charge in [0, 0.05) is 50.1 Å². The summed E-state index contributed by atoms with van der Waals surface area (Å²) in [7, 11) is 1.66. The number of carbonyl (C=O) groups excluding carboxylic acids is 1. The molecule has 1 aliphatic rings. The lowest BCUT2D eigenvalue weighted by molar-refractivity contribution is -0.131. The van der Waals surface area contributed by atoms with Crippen molar-refractivity contribution in [1.29, 1.82) is 0 Å². The van der Waals surface area contributed by atoms with Crippen LogP contribution in [0.3, 0.4) is 0 Å². The third-order valence-electron chi connectivity index (χ3n) is 5.87. The molecule has 2 heterocycles. The molecule has 0 saturated carbocycles. The summed E-state index contributed by atoms with van der Waals surface area (Å²) in [5.41, 5.74) is 3.12. The number of hydrogen-bond acceptors (Lipinski definition) is 4. The van der Waals surface area contributed by atoms with Gasteiger partial charge in [0.1, 0.15) is 10.9 Å². The van der Waals surface area contributed by atoms with Gasteiger partial charge < -0.3 is 9.64 Å². The van der Waals surface area contributed by atoms with E-state index in [4.69, 9.17) is 16.3 Å². The molecule has 3 aromatic rings. The zero-order chi connectivity index (χ0) is 21.6. The summed E-state index contributed by atoms with van der Waals surface area (Å²) in [4.78, 5) is 21.7. The Hall–Kier alpha value is -2.63. The zero-order valence-corrected chi connectivity index (χ0v) is 18.6. The molecule has 1 aromatic heterocycles. The summed E-state index contributed by atoms with van der Waals surface area (Å²) >= 11 is 6.45. The number of aryl methyl sites for hydroxylation is 1. The van der Waals surface area contributed by atoms with Crippen molar-refractivity contribution in [3.63, 3.8) is 0 Å². The minimum atomic E-state index is 0.225. The van der Waals surface area contributed by atoms with E-state index in [1.165, 1.54) is 0 Å². The Morgan fingerprint density at radius 3 is 2.68 bits per heavy atom. The lowest BCUT2D eigenvalue weighted by Crippen LogP contribution is -2.35. The third-order valence-corrected chi connectivity index (χ3v) is 6.20. The summed E-state index contributed by atoms with van der Waals surface area (Å²) in [5, 5.41) is 1.67. The molecule has 162 valence electrons. The lowest BCUT2D eigenvalue weighted by atomic mass is 10.1. The van der Waals surface area contributed by atoms with Crippen molar-refractivity contribution in [1.82, 2.24) is 14.8 Å². The monoisotopic (exact) mass is 437 g/mol. The fourth-order valence-corrected chi connectivity index (χ4v) is 4.27. The summed E-state index contributed by atoms with van der Waals surface area (Å²) in [6, 6.07) is 18.1. The quantitative estimate of drug-likeness (QED) is 0.530. The lowest BCUT2D eigenvalue weighted by Gasteiger charge is -2.22. The number of ether oxygens (including phenoxy) is 1. The summed E-state index contributed by atoms with van der Waals surface area (Å²) in [5.74, 6) is 1.06. The van der Waals surface area contributed by atoms with Gasteiger partial charge in [-0.25, -0.2) is 4.98 Å². The topological polar surface area (TPSA) is 45.7 Å². The first kappa shape index (κ1) is 21.6. The first-order valence-corrected chi connectivity index (χ1v) is 11.2. The third kappa shape index (κ3) is 5.54. The van der Waals surface area contributed by atoms with E-state index in [0.717, 1.165) is 73.3 Å². The molecule has 1 fully saturated rings. The molecular weight excluding hydrogens is 410 g/mol. The van der Waals surface area contributed by atoms with E-state index >= 15 is 0 Å². The number of pyridine rings is 1. The number of fused-ring (bicyclic) bond motifs is 1. The molecule has 31 heavy (non-hydrogen) atoms. The fraction of sp³-hybridized carbons (Fsp3) is 0.360. The Morgan fingerprint density at radius 2 is 1.87 bits per heavy atom. The van der Waals surface area contributed by atoms with E-state index in [1.54, 1.807) is 7.11 Å². The predicted molar refractivity (Wildman–Crippen MR) is 125 cm³/mol. The highest BCUT2D eigenvalue weighted by Gasteiger charge is 2.20. The number of halogens is 1. The van der Waals surface area contributed by atoms with Gasteiger partial charge in [-0.05, 0) is 42.7 Å². The van der Waals surface area contributed by atoms with Crippen molar-refractivity contribution in [3.05, 3.63) is 70.9 Å². The highest BCUT2D eigenvalue weighted by Crippen LogP contribution is 2.22. The highest BCUT2D eigenvalue weighted by molar-refractivity contribution is 6.30. The van der Waals surface area contributed by atoms with Crippen molar-refractivity contribution < 1.29 is 9.53 Å². The van der Waals surface area contributed by atoms with Gasteiger partial charge in [0.15, 0.2) is 0 Å². The molecule has 4 rings (SSSR count). The number of rotatable bonds is 6. The van der Waals surface area contributed by atoms with Crippen LogP contribution in [0, 0.1) is 0 Å². The van der Waals surface area contributed by atoms with Crippen LogP contribution in [0.15, 0.2) is 54.6 Å². The van der Waals surface area contributed by atoms with Gasteiger partial charge in [0.25, 0.3) is 0 Å². The molecule has 1 saturated heterocycles. The van der Waals surface area contributed by atoms with Gasteiger partial charge in [-0.1, -0.05) is 41.9 Å². The Bertz CT molecular complexity index is 1040. The summed E-state index contributed by atoms with van der Waals surface area (Å²) < 4.78 is 5.19. The van der Waals surface area contributed by atoms with E-state index in [0.29, 0.717) is 11.6 Å². The average molecular weight is 438 g/mol. The molecule has 2 aromatic carbocycles. The molecule has 0 unspecified atom stereocenters. The normalized spacial score (nSPS) is 15.1. The maximum Gasteiger partial charge on any atom is 0.222 e. The zero-order valence-electron chi connectivity index (χ0n) is 17.9. The minimum Gasteiger partial charge on any atom is -0.497 e. The van der Waals surface area contributed by atoms with E-state index in [9.17, 15) is 4.79 Å². The van der Waals surface area contributed by atoms with Crippen LogP contribution in [-0.2, 0) is 17.8 Å². The molecule has 0 spiro atoms. The molecule has 0 atom stereocenters. The van der Waals surface area contributed by atoms with Crippen LogP contribution < -0.4 is 4.74 Å². The van der Waals surface area contributed by atoms with Crippen LogP contribution in [0.4, 0.5) is 0 Å². The van der Waals surface area contributed by atoms with Crippen LogP contribution >= 0.6 is 11.6 Å². The van der Waals surface area contributed by atoms with Gasteiger partial charge in [-0.15, -0.1) is 0 Å². The molecule has 1 amide bonds. The highest BCUT2D eigenvalue weighted by atomic mass is 35.5. The minimum absolute atomic E-state index is 0.225. The van der Waals surface area contributed by atoms with Crippen molar-refractivity contribution in [2.24, 2.45) is 0 Å². The fourth-order valence-electron chi connectivity index (χ4n) is 4.07. The standard InChI is InChI=1S/C25H28ClN3O2/c1-31-22-10-7-19(8-11-22)9-12-24(30)29-14-4-13-28(15-16-29)18-21-17-20-5-2-3-6-23(20)27-25(21)26/h2-3,5-8,10-11,17H,4,9,12-16,18H2,1H3. The van der Waals surface area contributed by atoms with Gasteiger partial charge in [0.2, 0.25) is 5.91 Å². The Kier molecular flexibility index (Phi) is 7.05.